The first-order valence-corrected chi connectivity index (χ1v) is 7.41. The molecule has 2 atom stereocenters. The molecule has 1 aliphatic carbocycles. The highest BCUT2D eigenvalue weighted by Gasteiger charge is 2.19. The maximum absolute atomic E-state index is 11.4. The Kier molecular flexibility index (Phi) is 7.34. The van der Waals surface area contributed by atoms with Gasteiger partial charge in [0.25, 0.3) is 0 Å². The van der Waals surface area contributed by atoms with E-state index < -0.39 is 0 Å². The third-order valence-electron chi connectivity index (χ3n) is 4.08. The van der Waals surface area contributed by atoms with Crippen molar-refractivity contribution in [2.24, 2.45) is 11.8 Å². The summed E-state index contributed by atoms with van der Waals surface area (Å²) >= 11 is 0. The fraction of sp³-hybridized carbons (Fsp3) is 0.750. The molecule has 0 N–H and O–H groups in total. The van der Waals surface area contributed by atoms with Crippen LogP contribution in [0.3, 0.4) is 0 Å². The van der Waals surface area contributed by atoms with Gasteiger partial charge in [0.05, 0.1) is 26.6 Å². The Bertz CT molecular complexity index is 359. The molecule has 0 saturated carbocycles. The number of methoxy groups -OCH3 is 1. The summed E-state index contributed by atoms with van der Waals surface area (Å²) in [6, 6.07) is 0. The van der Waals surface area contributed by atoms with Gasteiger partial charge in [-0.2, -0.15) is 0 Å². The van der Waals surface area contributed by atoms with Gasteiger partial charge in [-0.05, 0) is 44.4 Å². The maximum Gasteiger partial charge on any atom is 0.306 e. The molecule has 20 heavy (non-hydrogen) atoms. The number of allylic oxidation sites excluding steroid dienone is 2. The molecule has 0 spiro atoms. The minimum Gasteiger partial charge on any atom is -0.469 e. The van der Waals surface area contributed by atoms with Gasteiger partial charge in [0.15, 0.2) is 0 Å². The maximum atomic E-state index is 11.4. The number of hydrogen-bond donors (Lipinski definition) is 0. The fourth-order valence-corrected chi connectivity index (χ4v) is 2.48. The van der Waals surface area contributed by atoms with Gasteiger partial charge in [0.2, 0.25) is 0 Å². The lowest BCUT2D eigenvalue weighted by atomic mass is 9.80. The molecule has 0 aromatic carbocycles. The second-order valence-corrected chi connectivity index (χ2v) is 5.65. The molecule has 1 aliphatic rings. The summed E-state index contributed by atoms with van der Waals surface area (Å²) in [7, 11) is 1.32. The summed E-state index contributed by atoms with van der Waals surface area (Å²) < 4.78 is 9.64. The lowest BCUT2D eigenvalue weighted by molar-refractivity contribution is -0.149. The van der Waals surface area contributed by atoms with Gasteiger partial charge >= 0.3 is 11.9 Å². The summed E-state index contributed by atoms with van der Waals surface area (Å²) in [4.78, 5) is 22.3. The molecule has 0 amide bonds. The minimum absolute atomic E-state index is 0.0948. The van der Waals surface area contributed by atoms with Gasteiger partial charge in [0.1, 0.15) is 0 Å². The van der Waals surface area contributed by atoms with Crippen molar-refractivity contribution in [3.8, 4) is 0 Å². The van der Waals surface area contributed by atoms with Crippen molar-refractivity contribution in [2.45, 2.75) is 52.4 Å². The van der Waals surface area contributed by atoms with E-state index in [0.717, 1.165) is 12.8 Å². The van der Waals surface area contributed by atoms with Gasteiger partial charge in [-0.25, -0.2) is 0 Å². The quantitative estimate of drug-likeness (QED) is 0.531. The first kappa shape index (κ1) is 16.7. The third-order valence-corrected chi connectivity index (χ3v) is 4.08. The highest BCUT2D eigenvalue weighted by molar-refractivity contribution is 5.77. The molecule has 4 heteroatoms. The zero-order valence-electron chi connectivity index (χ0n) is 12.8. The first-order chi connectivity index (χ1) is 9.52. The van der Waals surface area contributed by atoms with Gasteiger partial charge < -0.3 is 9.47 Å². The lowest BCUT2D eigenvalue weighted by Crippen LogP contribution is -2.17. The summed E-state index contributed by atoms with van der Waals surface area (Å²) in [6.45, 7) is 4.85. The molecule has 0 aromatic rings. The number of hydrogen-bond acceptors (Lipinski definition) is 4. The van der Waals surface area contributed by atoms with Gasteiger partial charge in [0, 0.05) is 0 Å². The molecule has 0 heterocycles. The van der Waals surface area contributed by atoms with Gasteiger partial charge in [-0.1, -0.05) is 18.6 Å². The van der Waals surface area contributed by atoms with E-state index in [1.165, 1.54) is 25.5 Å². The van der Waals surface area contributed by atoms with Crippen molar-refractivity contribution < 1.29 is 19.1 Å². The normalized spacial score (nSPS) is 19.9. The smallest absolute Gasteiger partial charge is 0.306 e. The van der Waals surface area contributed by atoms with Crippen LogP contribution >= 0.6 is 0 Å². The molecule has 0 aromatic heterocycles. The lowest BCUT2D eigenvalue weighted by Gasteiger charge is -2.26. The van der Waals surface area contributed by atoms with Crippen molar-refractivity contribution in [2.75, 3.05) is 13.7 Å². The van der Waals surface area contributed by atoms with E-state index in [-0.39, 0.29) is 24.8 Å². The summed E-state index contributed by atoms with van der Waals surface area (Å²) in [5, 5.41) is 0. The molecule has 1 rings (SSSR count). The van der Waals surface area contributed by atoms with Crippen LogP contribution in [0.2, 0.25) is 0 Å². The molecule has 0 fully saturated rings. The van der Waals surface area contributed by atoms with Crippen LogP contribution in [-0.2, 0) is 19.1 Å². The van der Waals surface area contributed by atoms with Crippen LogP contribution in [0.15, 0.2) is 11.6 Å². The predicted octanol–water partition coefficient (Wildman–Crippen LogP) is 3.26. The van der Waals surface area contributed by atoms with Crippen LogP contribution in [0, 0.1) is 11.8 Å². The van der Waals surface area contributed by atoms with E-state index >= 15 is 0 Å². The van der Waals surface area contributed by atoms with E-state index in [0.29, 0.717) is 18.4 Å². The van der Waals surface area contributed by atoms with Crippen LogP contribution in [0.5, 0.6) is 0 Å². The highest BCUT2D eigenvalue weighted by atomic mass is 16.5. The number of ether oxygens (including phenoxy) is 2. The van der Waals surface area contributed by atoms with E-state index in [2.05, 4.69) is 24.7 Å². The van der Waals surface area contributed by atoms with Crippen molar-refractivity contribution in [3.63, 3.8) is 0 Å². The number of esters is 2. The summed E-state index contributed by atoms with van der Waals surface area (Å²) in [5.74, 6) is 0.571. The Hall–Kier alpha value is -1.32. The molecule has 2 unspecified atom stereocenters. The summed E-state index contributed by atoms with van der Waals surface area (Å²) in [5.41, 5.74) is 1.49. The van der Waals surface area contributed by atoms with Crippen LogP contribution < -0.4 is 0 Å². The molecule has 0 saturated heterocycles. The Morgan fingerprint density at radius 3 is 2.65 bits per heavy atom. The second kappa shape index (κ2) is 8.77. The number of carbonyl (C=O) groups excluding carboxylic acids is 2. The fourth-order valence-electron chi connectivity index (χ4n) is 2.48. The largest absolute Gasteiger partial charge is 0.469 e. The van der Waals surface area contributed by atoms with E-state index in [1.807, 2.05) is 0 Å². The Morgan fingerprint density at radius 2 is 2.05 bits per heavy atom. The Labute approximate surface area is 121 Å². The standard InChI is InChI=1S/C16H26O4/c1-12-4-6-14(7-5-12)13(2)10-11-20-16(18)9-8-15(17)19-3/h4,13-14H,5-11H2,1-3H3. The van der Waals surface area contributed by atoms with E-state index in [9.17, 15) is 9.59 Å². The minimum atomic E-state index is -0.375. The van der Waals surface area contributed by atoms with Crippen LogP contribution in [0.4, 0.5) is 0 Å². The first-order valence-electron chi connectivity index (χ1n) is 7.41. The van der Waals surface area contributed by atoms with Crippen LogP contribution in [-0.4, -0.2) is 25.7 Å². The topological polar surface area (TPSA) is 52.6 Å². The van der Waals surface area contributed by atoms with Crippen molar-refractivity contribution in [3.05, 3.63) is 11.6 Å². The van der Waals surface area contributed by atoms with Gasteiger partial charge in [-0.15, -0.1) is 0 Å². The monoisotopic (exact) mass is 282 g/mol. The van der Waals surface area contributed by atoms with E-state index in [1.54, 1.807) is 0 Å². The molecular weight excluding hydrogens is 256 g/mol. The van der Waals surface area contributed by atoms with Crippen molar-refractivity contribution >= 4 is 11.9 Å². The van der Waals surface area contributed by atoms with Crippen molar-refractivity contribution in [1.29, 1.82) is 0 Å². The zero-order valence-corrected chi connectivity index (χ0v) is 12.8. The molecule has 0 radical (unpaired) electrons. The average molecular weight is 282 g/mol. The SMILES string of the molecule is COC(=O)CCC(=O)OCCC(C)C1CC=C(C)CC1. The third kappa shape index (κ3) is 6.22. The van der Waals surface area contributed by atoms with Crippen LogP contribution in [0.1, 0.15) is 52.4 Å². The zero-order chi connectivity index (χ0) is 15.0. The predicted molar refractivity (Wildman–Crippen MR) is 77.1 cm³/mol. The Balaban J connectivity index is 2.14. The molecule has 0 aliphatic heterocycles. The molecule has 0 bridgehead atoms. The number of rotatable bonds is 7. The average Bonchev–Trinajstić information content (AvgIpc) is 2.45. The van der Waals surface area contributed by atoms with E-state index in [4.69, 9.17) is 4.74 Å². The highest BCUT2D eigenvalue weighted by Crippen LogP contribution is 2.30. The Morgan fingerprint density at radius 1 is 1.35 bits per heavy atom. The molecule has 4 nitrogen and oxygen atoms in total. The molecule has 114 valence electrons. The second-order valence-electron chi connectivity index (χ2n) is 5.65. The van der Waals surface area contributed by atoms with Crippen LogP contribution in [0.25, 0.3) is 0 Å². The summed E-state index contributed by atoms with van der Waals surface area (Å²) in [6.07, 6.45) is 6.98. The molecular formula is C16H26O4. The van der Waals surface area contributed by atoms with Crippen molar-refractivity contribution in [1.82, 2.24) is 0 Å². The number of carbonyl (C=O) groups is 2. The van der Waals surface area contributed by atoms with Gasteiger partial charge in [-0.3, -0.25) is 9.59 Å².